The van der Waals surface area contributed by atoms with E-state index in [0.717, 1.165) is 19.6 Å². The summed E-state index contributed by atoms with van der Waals surface area (Å²) in [5, 5.41) is 10.7. The lowest BCUT2D eigenvalue weighted by Crippen LogP contribution is -2.24. The zero-order valence-electron chi connectivity index (χ0n) is 6.76. The van der Waals surface area contributed by atoms with Crippen molar-refractivity contribution in [1.29, 1.82) is 0 Å². The summed E-state index contributed by atoms with van der Waals surface area (Å²) in [5.74, 6) is 0. The molecule has 62 valence electrons. The van der Waals surface area contributed by atoms with Crippen molar-refractivity contribution in [3.8, 4) is 0 Å². The van der Waals surface area contributed by atoms with Crippen LogP contribution < -0.4 is 10.6 Å². The van der Waals surface area contributed by atoms with E-state index in [2.05, 4.69) is 27.5 Å². The third-order valence-corrected chi connectivity index (χ3v) is 2.19. The standard InChI is InChI=1S/C8H14N2S/c1-9-3-4-10-6-8-2-5-11-7-8/h2,5,7,9-10H,3-4,6H2,1H3. The summed E-state index contributed by atoms with van der Waals surface area (Å²) < 4.78 is 0. The Morgan fingerprint density at radius 1 is 1.45 bits per heavy atom. The van der Waals surface area contributed by atoms with Crippen LogP contribution in [0, 0.1) is 0 Å². The molecular weight excluding hydrogens is 156 g/mol. The van der Waals surface area contributed by atoms with Crippen molar-refractivity contribution in [1.82, 2.24) is 10.6 Å². The number of hydrogen-bond acceptors (Lipinski definition) is 3. The van der Waals surface area contributed by atoms with Crippen LogP contribution in [-0.4, -0.2) is 20.1 Å². The van der Waals surface area contributed by atoms with Crippen molar-refractivity contribution in [3.05, 3.63) is 22.4 Å². The third-order valence-electron chi connectivity index (χ3n) is 1.46. The van der Waals surface area contributed by atoms with Gasteiger partial charge in [-0.1, -0.05) is 0 Å². The van der Waals surface area contributed by atoms with Crippen molar-refractivity contribution in [2.24, 2.45) is 0 Å². The molecule has 2 nitrogen and oxygen atoms in total. The Balaban J connectivity index is 2.04. The van der Waals surface area contributed by atoms with Crippen molar-refractivity contribution < 1.29 is 0 Å². The molecule has 0 aliphatic heterocycles. The lowest BCUT2D eigenvalue weighted by atomic mass is 10.3. The highest BCUT2D eigenvalue weighted by Crippen LogP contribution is 2.04. The minimum atomic E-state index is 0.991. The SMILES string of the molecule is CNCCNCc1ccsc1. The van der Waals surface area contributed by atoms with E-state index in [9.17, 15) is 0 Å². The van der Waals surface area contributed by atoms with Gasteiger partial charge in [0.2, 0.25) is 0 Å². The summed E-state index contributed by atoms with van der Waals surface area (Å²) in [6.45, 7) is 3.06. The van der Waals surface area contributed by atoms with Crippen LogP contribution in [0.5, 0.6) is 0 Å². The van der Waals surface area contributed by atoms with Gasteiger partial charge in [0, 0.05) is 19.6 Å². The summed E-state index contributed by atoms with van der Waals surface area (Å²) in [4.78, 5) is 0. The van der Waals surface area contributed by atoms with Crippen molar-refractivity contribution in [2.75, 3.05) is 20.1 Å². The molecule has 0 saturated heterocycles. The molecule has 3 heteroatoms. The first-order chi connectivity index (χ1) is 5.43. The van der Waals surface area contributed by atoms with Crippen LogP contribution in [-0.2, 0) is 6.54 Å². The number of likely N-dealkylation sites (N-methyl/N-ethyl adjacent to an activating group) is 1. The normalized spacial score (nSPS) is 10.3. The van der Waals surface area contributed by atoms with Crippen molar-refractivity contribution in [3.63, 3.8) is 0 Å². The molecule has 0 aliphatic carbocycles. The predicted molar refractivity (Wildman–Crippen MR) is 50.0 cm³/mol. The van der Waals surface area contributed by atoms with Gasteiger partial charge in [0.15, 0.2) is 0 Å². The van der Waals surface area contributed by atoms with Crippen molar-refractivity contribution in [2.45, 2.75) is 6.54 Å². The average molecular weight is 170 g/mol. The van der Waals surface area contributed by atoms with E-state index >= 15 is 0 Å². The molecule has 2 N–H and O–H groups in total. The molecular formula is C8H14N2S. The van der Waals surface area contributed by atoms with Gasteiger partial charge in [-0.2, -0.15) is 11.3 Å². The van der Waals surface area contributed by atoms with Gasteiger partial charge in [-0.25, -0.2) is 0 Å². The molecule has 0 aromatic carbocycles. The highest BCUT2D eigenvalue weighted by Gasteiger charge is 1.89. The average Bonchev–Trinajstić information content (AvgIpc) is 2.50. The highest BCUT2D eigenvalue weighted by molar-refractivity contribution is 7.07. The second-order valence-electron chi connectivity index (χ2n) is 2.41. The maximum Gasteiger partial charge on any atom is 0.0214 e. The van der Waals surface area contributed by atoms with Gasteiger partial charge in [-0.3, -0.25) is 0 Å². The lowest BCUT2D eigenvalue weighted by molar-refractivity contribution is 0.651. The first-order valence-corrected chi connectivity index (χ1v) is 4.74. The van der Waals surface area contributed by atoms with E-state index < -0.39 is 0 Å². The molecule has 0 fully saturated rings. The Morgan fingerprint density at radius 3 is 3.00 bits per heavy atom. The zero-order valence-corrected chi connectivity index (χ0v) is 7.58. The second kappa shape index (κ2) is 5.29. The quantitative estimate of drug-likeness (QED) is 0.646. The molecule has 0 amide bonds. The molecule has 1 heterocycles. The first-order valence-electron chi connectivity index (χ1n) is 3.80. The summed E-state index contributed by atoms with van der Waals surface area (Å²) in [7, 11) is 1.96. The monoisotopic (exact) mass is 170 g/mol. The number of rotatable bonds is 5. The molecule has 1 rings (SSSR count). The summed E-state index contributed by atoms with van der Waals surface area (Å²) in [6, 6.07) is 2.15. The van der Waals surface area contributed by atoms with E-state index in [1.54, 1.807) is 11.3 Å². The zero-order chi connectivity index (χ0) is 7.94. The maximum absolute atomic E-state index is 3.33. The Morgan fingerprint density at radius 2 is 2.36 bits per heavy atom. The summed E-state index contributed by atoms with van der Waals surface area (Å²) in [5.41, 5.74) is 1.38. The van der Waals surface area contributed by atoms with Crippen LogP contribution in [0.2, 0.25) is 0 Å². The Labute approximate surface area is 71.6 Å². The van der Waals surface area contributed by atoms with E-state index in [4.69, 9.17) is 0 Å². The fourth-order valence-electron chi connectivity index (χ4n) is 0.839. The molecule has 0 radical (unpaired) electrons. The van der Waals surface area contributed by atoms with Gasteiger partial charge in [-0.15, -0.1) is 0 Å². The lowest BCUT2D eigenvalue weighted by Gasteiger charge is -2.00. The molecule has 0 unspecified atom stereocenters. The largest absolute Gasteiger partial charge is 0.318 e. The molecule has 0 spiro atoms. The third kappa shape index (κ3) is 3.51. The summed E-state index contributed by atoms with van der Waals surface area (Å²) >= 11 is 1.75. The van der Waals surface area contributed by atoms with Gasteiger partial charge in [0.25, 0.3) is 0 Å². The van der Waals surface area contributed by atoms with E-state index in [1.807, 2.05) is 7.05 Å². The van der Waals surface area contributed by atoms with Gasteiger partial charge >= 0.3 is 0 Å². The van der Waals surface area contributed by atoms with E-state index in [-0.39, 0.29) is 0 Å². The molecule has 0 bridgehead atoms. The van der Waals surface area contributed by atoms with Crippen LogP contribution in [0.25, 0.3) is 0 Å². The van der Waals surface area contributed by atoms with Gasteiger partial charge in [0.05, 0.1) is 0 Å². The van der Waals surface area contributed by atoms with E-state index in [0.29, 0.717) is 0 Å². The minimum Gasteiger partial charge on any atom is -0.318 e. The smallest absolute Gasteiger partial charge is 0.0214 e. The molecule has 1 aromatic heterocycles. The first kappa shape index (κ1) is 8.71. The van der Waals surface area contributed by atoms with Gasteiger partial charge in [-0.05, 0) is 29.4 Å². The number of nitrogens with one attached hydrogen (secondary N) is 2. The minimum absolute atomic E-state index is 0.991. The topological polar surface area (TPSA) is 24.1 Å². The van der Waals surface area contributed by atoms with Crippen LogP contribution in [0.15, 0.2) is 16.8 Å². The Hall–Kier alpha value is -0.380. The number of hydrogen-bond donors (Lipinski definition) is 2. The van der Waals surface area contributed by atoms with Gasteiger partial charge in [0.1, 0.15) is 0 Å². The molecule has 0 atom stereocenters. The van der Waals surface area contributed by atoms with Crippen LogP contribution in [0.4, 0.5) is 0 Å². The molecule has 11 heavy (non-hydrogen) atoms. The van der Waals surface area contributed by atoms with Crippen LogP contribution in [0.3, 0.4) is 0 Å². The van der Waals surface area contributed by atoms with Crippen LogP contribution in [0.1, 0.15) is 5.56 Å². The highest BCUT2D eigenvalue weighted by atomic mass is 32.1. The molecule has 1 aromatic rings. The molecule has 0 saturated carbocycles. The van der Waals surface area contributed by atoms with Crippen LogP contribution >= 0.6 is 11.3 Å². The van der Waals surface area contributed by atoms with E-state index in [1.165, 1.54) is 5.56 Å². The van der Waals surface area contributed by atoms with Gasteiger partial charge < -0.3 is 10.6 Å². The predicted octanol–water partition coefficient (Wildman–Crippen LogP) is 1.06. The number of thiophene rings is 1. The fourth-order valence-corrected chi connectivity index (χ4v) is 1.51. The fraction of sp³-hybridized carbons (Fsp3) is 0.500. The molecule has 0 aliphatic rings. The Kier molecular flexibility index (Phi) is 4.19. The Bertz CT molecular complexity index is 172. The van der Waals surface area contributed by atoms with Crippen molar-refractivity contribution >= 4 is 11.3 Å². The maximum atomic E-state index is 3.33. The second-order valence-corrected chi connectivity index (χ2v) is 3.19. The summed E-state index contributed by atoms with van der Waals surface area (Å²) in [6.07, 6.45) is 0.